The number of nitrogens with one attached hydrogen (secondary N) is 1. The second-order valence-corrected chi connectivity index (χ2v) is 3.21. The molecule has 0 amide bonds. The first kappa shape index (κ1) is 8.74. The molecule has 1 aliphatic rings. The van der Waals surface area contributed by atoms with Crippen molar-refractivity contribution in [2.45, 2.75) is 12.5 Å². The lowest BCUT2D eigenvalue weighted by Crippen LogP contribution is -2.35. The van der Waals surface area contributed by atoms with E-state index in [4.69, 9.17) is 5.11 Å². The highest BCUT2D eigenvalue weighted by molar-refractivity contribution is 6.06. The molecule has 0 bridgehead atoms. The first-order valence-electron chi connectivity index (χ1n) is 4.30. The number of carboxylic acid groups (broad SMARTS) is 1. The molecule has 0 aromatic heterocycles. The molecule has 0 saturated heterocycles. The van der Waals surface area contributed by atoms with Crippen molar-refractivity contribution in [2.24, 2.45) is 0 Å². The summed E-state index contributed by atoms with van der Waals surface area (Å²) in [4.78, 5) is 22.2. The lowest BCUT2D eigenvalue weighted by molar-refractivity contribution is -0.137. The fourth-order valence-electron chi connectivity index (χ4n) is 1.54. The van der Waals surface area contributed by atoms with Crippen LogP contribution in [0.3, 0.4) is 0 Å². The van der Waals surface area contributed by atoms with Crippen molar-refractivity contribution in [3.63, 3.8) is 0 Å². The van der Waals surface area contributed by atoms with E-state index in [0.29, 0.717) is 11.3 Å². The first-order valence-corrected chi connectivity index (χ1v) is 4.30. The summed E-state index contributed by atoms with van der Waals surface area (Å²) in [6.07, 6.45) is 0.0202. The van der Waals surface area contributed by atoms with E-state index in [0.717, 1.165) is 0 Å². The van der Waals surface area contributed by atoms with Gasteiger partial charge in [-0.3, -0.25) is 4.79 Å². The zero-order valence-corrected chi connectivity index (χ0v) is 7.36. The van der Waals surface area contributed by atoms with Gasteiger partial charge in [-0.1, -0.05) is 12.1 Å². The maximum atomic E-state index is 11.5. The molecule has 0 aliphatic carbocycles. The minimum atomic E-state index is -0.993. The largest absolute Gasteiger partial charge is 0.480 e. The Kier molecular flexibility index (Phi) is 1.96. The number of para-hydroxylation sites is 1. The van der Waals surface area contributed by atoms with Gasteiger partial charge in [0.25, 0.3) is 0 Å². The molecule has 1 heterocycles. The van der Waals surface area contributed by atoms with E-state index >= 15 is 0 Å². The molecule has 1 unspecified atom stereocenters. The maximum Gasteiger partial charge on any atom is 0.326 e. The standard InChI is InChI=1S/C10H9NO3/c12-9-5-8(10(13)14)11-7-4-2-1-3-6(7)9/h1-4,8,11H,5H2,(H,13,14). The lowest BCUT2D eigenvalue weighted by Gasteiger charge is -2.22. The molecule has 2 N–H and O–H groups in total. The normalized spacial score (nSPS) is 19.7. The van der Waals surface area contributed by atoms with Crippen LogP contribution in [0, 0.1) is 0 Å². The van der Waals surface area contributed by atoms with E-state index in [1.54, 1.807) is 24.3 Å². The number of fused-ring (bicyclic) bond motifs is 1. The number of hydrogen-bond donors (Lipinski definition) is 2. The summed E-state index contributed by atoms with van der Waals surface area (Å²) in [5.74, 6) is -1.11. The monoisotopic (exact) mass is 191 g/mol. The average molecular weight is 191 g/mol. The summed E-state index contributed by atoms with van der Waals surface area (Å²) in [6, 6.07) is 6.14. The van der Waals surface area contributed by atoms with E-state index in [-0.39, 0.29) is 12.2 Å². The Bertz CT molecular complexity index is 400. The molecule has 2 rings (SSSR count). The Morgan fingerprint density at radius 3 is 2.86 bits per heavy atom. The molecule has 1 aliphatic heterocycles. The lowest BCUT2D eigenvalue weighted by atomic mass is 9.97. The Balaban J connectivity index is 2.38. The van der Waals surface area contributed by atoms with Gasteiger partial charge in [-0.2, -0.15) is 0 Å². The summed E-state index contributed by atoms with van der Waals surface area (Å²) in [6.45, 7) is 0. The number of benzene rings is 1. The summed E-state index contributed by atoms with van der Waals surface area (Å²) in [5, 5.41) is 11.6. The van der Waals surface area contributed by atoms with Gasteiger partial charge in [-0.05, 0) is 12.1 Å². The van der Waals surface area contributed by atoms with Gasteiger partial charge in [-0.25, -0.2) is 4.79 Å². The molecule has 1 atom stereocenters. The highest BCUT2D eigenvalue weighted by atomic mass is 16.4. The van der Waals surface area contributed by atoms with Crippen molar-refractivity contribution in [3.8, 4) is 0 Å². The smallest absolute Gasteiger partial charge is 0.326 e. The zero-order valence-electron chi connectivity index (χ0n) is 7.36. The summed E-state index contributed by atoms with van der Waals surface area (Å²) in [7, 11) is 0. The Morgan fingerprint density at radius 1 is 1.43 bits per heavy atom. The predicted molar refractivity (Wildman–Crippen MR) is 50.4 cm³/mol. The van der Waals surface area contributed by atoms with Crippen molar-refractivity contribution in [3.05, 3.63) is 29.8 Å². The van der Waals surface area contributed by atoms with E-state index in [2.05, 4.69) is 5.32 Å². The molecule has 0 fully saturated rings. The van der Waals surface area contributed by atoms with Gasteiger partial charge < -0.3 is 10.4 Å². The van der Waals surface area contributed by atoms with Crippen molar-refractivity contribution in [1.82, 2.24) is 0 Å². The first-order chi connectivity index (χ1) is 6.68. The highest BCUT2D eigenvalue weighted by Crippen LogP contribution is 2.24. The SMILES string of the molecule is O=C1CC(C(=O)O)Nc2ccccc21. The van der Waals surface area contributed by atoms with Crippen molar-refractivity contribution < 1.29 is 14.7 Å². The molecule has 4 heteroatoms. The fourth-order valence-corrected chi connectivity index (χ4v) is 1.54. The number of hydrogen-bond acceptors (Lipinski definition) is 3. The predicted octanol–water partition coefficient (Wildman–Crippen LogP) is 1.14. The van der Waals surface area contributed by atoms with Crippen molar-refractivity contribution in [1.29, 1.82) is 0 Å². The summed E-state index contributed by atoms with van der Waals surface area (Å²) in [5.41, 5.74) is 1.18. The van der Waals surface area contributed by atoms with Crippen LogP contribution in [-0.2, 0) is 4.79 Å². The fraction of sp³-hybridized carbons (Fsp3) is 0.200. The molecule has 1 aromatic carbocycles. The van der Waals surface area contributed by atoms with Crippen molar-refractivity contribution in [2.75, 3.05) is 5.32 Å². The molecular formula is C10H9NO3. The minimum absolute atomic E-state index is 0.0202. The van der Waals surface area contributed by atoms with Gasteiger partial charge in [-0.15, -0.1) is 0 Å². The van der Waals surface area contributed by atoms with Gasteiger partial charge in [0.15, 0.2) is 5.78 Å². The Labute approximate surface area is 80.6 Å². The van der Waals surface area contributed by atoms with E-state index < -0.39 is 12.0 Å². The highest BCUT2D eigenvalue weighted by Gasteiger charge is 2.28. The van der Waals surface area contributed by atoms with Gasteiger partial charge >= 0.3 is 5.97 Å². The Morgan fingerprint density at radius 2 is 2.14 bits per heavy atom. The van der Waals surface area contributed by atoms with Crippen molar-refractivity contribution >= 4 is 17.4 Å². The zero-order chi connectivity index (χ0) is 10.1. The van der Waals surface area contributed by atoms with Crippen LogP contribution < -0.4 is 5.32 Å². The molecular weight excluding hydrogens is 182 g/mol. The molecule has 4 nitrogen and oxygen atoms in total. The molecule has 1 aromatic rings. The average Bonchev–Trinajstić information content (AvgIpc) is 2.17. The summed E-state index contributed by atoms with van der Waals surface area (Å²) >= 11 is 0. The molecule has 0 radical (unpaired) electrons. The van der Waals surface area contributed by atoms with Crippen LogP contribution in [0.4, 0.5) is 5.69 Å². The number of carbonyl (C=O) groups is 2. The number of aliphatic carboxylic acids is 1. The second-order valence-electron chi connectivity index (χ2n) is 3.21. The van der Waals surface area contributed by atoms with Gasteiger partial charge in [0.05, 0.1) is 0 Å². The van der Waals surface area contributed by atoms with Gasteiger partial charge in [0.2, 0.25) is 0 Å². The number of rotatable bonds is 1. The number of anilines is 1. The van der Waals surface area contributed by atoms with Crippen LogP contribution in [-0.4, -0.2) is 22.9 Å². The second kappa shape index (κ2) is 3.14. The number of carbonyl (C=O) groups excluding carboxylic acids is 1. The van der Waals surface area contributed by atoms with E-state index in [9.17, 15) is 9.59 Å². The molecule has 72 valence electrons. The number of Topliss-reactive ketones (excluding diaryl/α,β-unsaturated/α-hetero) is 1. The van der Waals surface area contributed by atoms with E-state index in [1.165, 1.54) is 0 Å². The third-order valence-electron chi connectivity index (χ3n) is 2.24. The number of carboxylic acids is 1. The van der Waals surface area contributed by atoms with Crippen LogP contribution in [0.15, 0.2) is 24.3 Å². The molecule has 0 spiro atoms. The van der Waals surface area contributed by atoms with Gasteiger partial charge in [0, 0.05) is 17.7 Å². The maximum absolute atomic E-state index is 11.5. The van der Waals surface area contributed by atoms with Crippen LogP contribution in [0.1, 0.15) is 16.8 Å². The van der Waals surface area contributed by atoms with E-state index in [1.807, 2.05) is 0 Å². The third-order valence-corrected chi connectivity index (χ3v) is 2.24. The molecule has 14 heavy (non-hydrogen) atoms. The molecule has 0 saturated carbocycles. The van der Waals surface area contributed by atoms with Crippen LogP contribution in [0.2, 0.25) is 0 Å². The van der Waals surface area contributed by atoms with Crippen LogP contribution >= 0.6 is 0 Å². The van der Waals surface area contributed by atoms with Crippen LogP contribution in [0.5, 0.6) is 0 Å². The topological polar surface area (TPSA) is 66.4 Å². The Hall–Kier alpha value is -1.84. The number of ketones is 1. The third kappa shape index (κ3) is 1.35. The quantitative estimate of drug-likeness (QED) is 0.698. The minimum Gasteiger partial charge on any atom is -0.480 e. The summed E-state index contributed by atoms with van der Waals surface area (Å²) < 4.78 is 0. The van der Waals surface area contributed by atoms with Crippen LogP contribution in [0.25, 0.3) is 0 Å². The van der Waals surface area contributed by atoms with Gasteiger partial charge in [0.1, 0.15) is 6.04 Å².